The van der Waals surface area contributed by atoms with Crippen LogP contribution in [0, 0.1) is 13.8 Å². The molecule has 4 aromatic heterocycles. The van der Waals surface area contributed by atoms with Gasteiger partial charge in [0, 0.05) is 29.1 Å². The Labute approximate surface area is 163 Å². The smallest absolute Gasteiger partial charge is 0.226 e. The van der Waals surface area contributed by atoms with Crippen LogP contribution in [0.5, 0.6) is 0 Å². The molecule has 1 N–H and O–H groups in total. The summed E-state index contributed by atoms with van der Waals surface area (Å²) in [4.78, 5) is 23.9. The highest BCUT2D eigenvalue weighted by molar-refractivity contribution is 7.15. The first-order valence-electron chi connectivity index (χ1n) is 8.24. The van der Waals surface area contributed by atoms with E-state index in [1.54, 1.807) is 34.0 Å². The zero-order valence-corrected chi connectivity index (χ0v) is 16.9. The number of hydrogen-bond donors (Lipinski definition) is 1. The average Bonchev–Trinajstić information content (AvgIpc) is 3.33. The number of fused-ring (bicyclic) bond motifs is 1. The molecule has 0 aromatic carbocycles. The van der Waals surface area contributed by atoms with E-state index in [9.17, 15) is 4.79 Å². The van der Waals surface area contributed by atoms with Gasteiger partial charge in [-0.2, -0.15) is 11.3 Å². The molecular weight excluding hydrogens is 384 g/mol. The maximum atomic E-state index is 12.6. The molecule has 0 bridgehead atoms. The first-order chi connectivity index (χ1) is 12.6. The van der Waals surface area contributed by atoms with Crippen molar-refractivity contribution in [3.8, 4) is 0 Å². The predicted molar refractivity (Wildman–Crippen MR) is 107 cm³/mol. The summed E-state index contributed by atoms with van der Waals surface area (Å²) in [7, 11) is 0. The summed E-state index contributed by atoms with van der Waals surface area (Å²) in [5.41, 5.74) is 3.03. The third-order valence-corrected chi connectivity index (χ3v) is 6.87. The zero-order valence-electron chi connectivity index (χ0n) is 14.4. The summed E-state index contributed by atoms with van der Waals surface area (Å²) in [5, 5.41) is 10.3. The first-order valence-corrected chi connectivity index (χ1v) is 10.9. The van der Waals surface area contributed by atoms with E-state index < -0.39 is 0 Å². The van der Waals surface area contributed by atoms with Crippen molar-refractivity contribution in [1.29, 1.82) is 0 Å². The van der Waals surface area contributed by atoms with Crippen LogP contribution in [0.15, 0.2) is 34.6 Å². The minimum Gasteiger partial charge on any atom is -0.346 e. The van der Waals surface area contributed by atoms with E-state index in [0.29, 0.717) is 0 Å². The van der Waals surface area contributed by atoms with Crippen LogP contribution in [0.25, 0.3) is 4.96 Å². The van der Waals surface area contributed by atoms with Gasteiger partial charge in [0.05, 0.1) is 23.9 Å². The number of aromatic nitrogens is 3. The molecule has 8 heteroatoms. The van der Waals surface area contributed by atoms with Gasteiger partial charge in [-0.15, -0.1) is 22.7 Å². The van der Waals surface area contributed by atoms with Crippen LogP contribution in [-0.4, -0.2) is 20.3 Å². The van der Waals surface area contributed by atoms with E-state index in [4.69, 9.17) is 0 Å². The second-order valence-corrected chi connectivity index (χ2v) is 9.04. The fourth-order valence-corrected chi connectivity index (χ4v) is 5.14. The molecule has 0 aliphatic rings. The lowest BCUT2D eigenvalue weighted by Gasteiger charge is -2.16. The molecule has 0 aliphatic heterocycles. The second kappa shape index (κ2) is 7.30. The fourth-order valence-electron chi connectivity index (χ4n) is 2.76. The second-order valence-electron chi connectivity index (χ2n) is 6.15. The standard InChI is InChI=1S/C18H18N4OS3/c1-11-12(2)26-17(19-11)15(7-13-3-5-24-10-13)21-16(23)8-14-9-22-4-6-25-18(22)20-14/h3-6,9-10,15H,7-8H2,1-2H3,(H,21,23)/t15-/m0/s1. The van der Waals surface area contributed by atoms with E-state index >= 15 is 0 Å². The molecule has 4 heterocycles. The Morgan fingerprint density at radius 3 is 2.88 bits per heavy atom. The highest BCUT2D eigenvalue weighted by Crippen LogP contribution is 2.26. The number of amides is 1. The van der Waals surface area contributed by atoms with Crippen molar-refractivity contribution in [3.05, 3.63) is 61.4 Å². The monoisotopic (exact) mass is 402 g/mol. The summed E-state index contributed by atoms with van der Waals surface area (Å²) < 4.78 is 1.95. The largest absolute Gasteiger partial charge is 0.346 e. The Balaban J connectivity index is 1.51. The van der Waals surface area contributed by atoms with Crippen LogP contribution in [-0.2, 0) is 17.6 Å². The molecule has 0 saturated carbocycles. The van der Waals surface area contributed by atoms with Gasteiger partial charge in [-0.3, -0.25) is 9.20 Å². The normalized spacial score (nSPS) is 12.5. The van der Waals surface area contributed by atoms with Crippen LogP contribution >= 0.6 is 34.0 Å². The summed E-state index contributed by atoms with van der Waals surface area (Å²) in [5.74, 6) is -0.0264. The maximum absolute atomic E-state index is 12.6. The number of nitrogens with zero attached hydrogens (tertiary/aromatic N) is 3. The Morgan fingerprint density at radius 2 is 2.19 bits per heavy atom. The summed E-state index contributed by atoms with van der Waals surface area (Å²) in [6.07, 6.45) is 4.89. The molecule has 0 fully saturated rings. The highest BCUT2D eigenvalue weighted by Gasteiger charge is 2.20. The Hall–Kier alpha value is -2.03. The van der Waals surface area contributed by atoms with Crippen LogP contribution < -0.4 is 5.32 Å². The lowest BCUT2D eigenvalue weighted by Crippen LogP contribution is -2.31. The minimum absolute atomic E-state index is 0.0264. The SMILES string of the molecule is Cc1nc([C@H](Cc2ccsc2)NC(=O)Cc2cn3ccsc3n2)sc1C. The number of hydrogen-bond acceptors (Lipinski definition) is 6. The van der Waals surface area contributed by atoms with Crippen LogP contribution in [0.1, 0.15) is 32.9 Å². The number of rotatable bonds is 6. The number of thiazole rings is 2. The predicted octanol–water partition coefficient (Wildman–Crippen LogP) is 4.17. The molecule has 4 rings (SSSR count). The van der Waals surface area contributed by atoms with Gasteiger partial charge in [-0.25, -0.2) is 9.97 Å². The Bertz CT molecular complexity index is 980. The van der Waals surface area contributed by atoms with Crippen molar-refractivity contribution in [2.24, 2.45) is 0 Å². The molecule has 0 radical (unpaired) electrons. The molecular formula is C18H18N4OS3. The fraction of sp³-hybridized carbons (Fsp3) is 0.278. The first kappa shape index (κ1) is 17.4. The molecule has 4 aromatic rings. The quantitative estimate of drug-likeness (QED) is 0.526. The topological polar surface area (TPSA) is 59.3 Å². The molecule has 1 atom stereocenters. The summed E-state index contributed by atoms with van der Waals surface area (Å²) in [6, 6.07) is 1.99. The summed E-state index contributed by atoms with van der Waals surface area (Å²) in [6.45, 7) is 4.08. The van der Waals surface area contributed by atoms with E-state index in [1.807, 2.05) is 29.1 Å². The van der Waals surface area contributed by atoms with Gasteiger partial charge >= 0.3 is 0 Å². The van der Waals surface area contributed by atoms with Gasteiger partial charge in [0.25, 0.3) is 0 Å². The Kier molecular flexibility index (Phi) is 4.88. The lowest BCUT2D eigenvalue weighted by atomic mass is 10.1. The number of aryl methyl sites for hydroxylation is 2. The number of carbonyl (C=O) groups excluding carboxylic acids is 1. The molecule has 26 heavy (non-hydrogen) atoms. The third kappa shape index (κ3) is 3.72. The van der Waals surface area contributed by atoms with Gasteiger partial charge in [-0.05, 0) is 36.2 Å². The molecule has 5 nitrogen and oxygen atoms in total. The molecule has 0 spiro atoms. The van der Waals surface area contributed by atoms with Gasteiger partial charge < -0.3 is 5.32 Å². The van der Waals surface area contributed by atoms with Gasteiger partial charge in [0.15, 0.2) is 4.96 Å². The van der Waals surface area contributed by atoms with Crippen molar-refractivity contribution >= 4 is 44.9 Å². The third-order valence-electron chi connectivity index (χ3n) is 4.18. The van der Waals surface area contributed by atoms with Gasteiger partial charge in [-0.1, -0.05) is 0 Å². The number of nitrogens with one attached hydrogen (secondary N) is 1. The molecule has 134 valence electrons. The molecule has 0 unspecified atom stereocenters. The van der Waals surface area contributed by atoms with Crippen molar-refractivity contribution < 1.29 is 4.79 Å². The van der Waals surface area contributed by atoms with E-state index in [0.717, 1.165) is 27.8 Å². The number of carbonyl (C=O) groups is 1. The zero-order chi connectivity index (χ0) is 18.1. The number of thiophene rings is 1. The maximum Gasteiger partial charge on any atom is 0.226 e. The van der Waals surface area contributed by atoms with Crippen molar-refractivity contribution in [3.63, 3.8) is 0 Å². The van der Waals surface area contributed by atoms with E-state index in [2.05, 4.69) is 39.0 Å². The molecule has 0 aliphatic carbocycles. The molecule has 1 amide bonds. The van der Waals surface area contributed by atoms with E-state index in [-0.39, 0.29) is 18.4 Å². The minimum atomic E-state index is -0.113. The van der Waals surface area contributed by atoms with Crippen molar-refractivity contribution in [2.45, 2.75) is 32.7 Å². The highest BCUT2D eigenvalue weighted by atomic mass is 32.1. The van der Waals surface area contributed by atoms with Crippen LogP contribution in [0.2, 0.25) is 0 Å². The van der Waals surface area contributed by atoms with Crippen LogP contribution in [0.3, 0.4) is 0 Å². The summed E-state index contributed by atoms with van der Waals surface area (Å²) >= 11 is 4.89. The van der Waals surface area contributed by atoms with Crippen molar-refractivity contribution in [1.82, 2.24) is 19.7 Å². The van der Waals surface area contributed by atoms with Gasteiger partial charge in [0.2, 0.25) is 5.91 Å². The van der Waals surface area contributed by atoms with E-state index in [1.165, 1.54) is 10.4 Å². The van der Waals surface area contributed by atoms with Crippen LogP contribution in [0.4, 0.5) is 0 Å². The van der Waals surface area contributed by atoms with Crippen molar-refractivity contribution in [2.75, 3.05) is 0 Å². The molecule has 0 saturated heterocycles. The number of imidazole rings is 1. The lowest BCUT2D eigenvalue weighted by molar-refractivity contribution is -0.121. The Morgan fingerprint density at radius 1 is 1.31 bits per heavy atom. The average molecular weight is 403 g/mol. The van der Waals surface area contributed by atoms with Gasteiger partial charge in [0.1, 0.15) is 5.01 Å².